The molecule has 3 N–H and O–H groups in total. The summed E-state index contributed by atoms with van der Waals surface area (Å²) in [5.41, 5.74) is 0. The minimum Gasteiger partial charge on any atom is -0.480 e. The lowest BCUT2D eigenvalue weighted by molar-refractivity contribution is -0.142. The predicted molar refractivity (Wildman–Crippen MR) is 57.6 cm³/mol. The summed E-state index contributed by atoms with van der Waals surface area (Å²) >= 11 is 0. The molecular weight excluding hydrogens is 196 g/mol. The second-order valence-electron chi connectivity index (χ2n) is 3.35. The van der Waals surface area contributed by atoms with Crippen molar-refractivity contribution in [3.05, 3.63) is 0 Å². The first-order valence-corrected chi connectivity index (χ1v) is 5.34. The number of hydrogen-bond acceptors (Lipinski definition) is 3. The van der Waals surface area contributed by atoms with Crippen molar-refractivity contribution in [1.29, 1.82) is 0 Å². The molecule has 0 aliphatic heterocycles. The highest BCUT2D eigenvalue weighted by atomic mass is 16.4. The second kappa shape index (κ2) is 8.23. The Morgan fingerprint density at radius 2 is 2.00 bits per heavy atom. The molecule has 0 spiro atoms. The number of carbonyl (C=O) groups is 2. The third-order valence-electron chi connectivity index (χ3n) is 1.99. The summed E-state index contributed by atoms with van der Waals surface area (Å²) in [5, 5.41) is 14.3. The molecule has 0 saturated carbocycles. The lowest BCUT2D eigenvalue weighted by atomic mass is 10.1. The van der Waals surface area contributed by atoms with Crippen molar-refractivity contribution in [2.45, 2.75) is 39.2 Å². The zero-order chi connectivity index (χ0) is 11.7. The minimum absolute atomic E-state index is 0.211. The highest BCUT2D eigenvalue weighted by Crippen LogP contribution is 1.97. The monoisotopic (exact) mass is 216 g/mol. The quantitative estimate of drug-likeness (QED) is 0.512. The van der Waals surface area contributed by atoms with E-state index in [2.05, 4.69) is 10.6 Å². The van der Waals surface area contributed by atoms with Gasteiger partial charge in [-0.05, 0) is 13.0 Å². The van der Waals surface area contributed by atoms with Crippen molar-refractivity contribution in [3.63, 3.8) is 0 Å². The summed E-state index contributed by atoms with van der Waals surface area (Å²) in [6, 6.07) is -0.746. The molecule has 0 aromatic rings. The standard InChI is InChI=1S/C10H20N2O3/c1-3-5-8(10(14)15)12-9(13)6-7-11-4-2/h8,11H,3-7H2,1-2H3,(H,12,13)(H,14,15)/t8-/m0/s1. The Hall–Kier alpha value is -1.10. The maximum Gasteiger partial charge on any atom is 0.326 e. The van der Waals surface area contributed by atoms with Crippen LogP contribution >= 0.6 is 0 Å². The summed E-state index contributed by atoms with van der Waals surface area (Å²) in [4.78, 5) is 22.0. The number of aliphatic carboxylic acids is 1. The van der Waals surface area contributed by atoms with Crippen molar-refractivity contribution < 1.29 is 14.7 Å². The molecule has 0 radical (unpaired) electrons. The SMILES string of the molecule is CCC[C@H](NC(=O)CCNCC)C(=O)O. The number of carbonyl (C=O) groups excluding carboxylic acids is 1. The Balaban J connectivity index is 3.84. The van der Waals surface area contributed by atoms with Crippen LogP contribution < -0.4 is 10.6 Å². The van der Waals surface area contributed by atoms with Gasteiger partial charge in [0.05, 0.1) is 0 Å². The lowest BCUT2D eigenvalue weighted by Gasteiger charge is -2.13. The number of nitrogens with one attached hydrogen (secondary N) is 2. The molecule has 5 nitrogen and oxygen atoms in total. The van der Waals surface area contributed by atoms with Gasteiger partial charge in [0.15, 0.2) is 0 Å². The van der Waals surface area contributed by atoms with Crippen molar-refractivity contribution in [1.82, 2.24) is 10.6 Å². The van der Waals surface area contributed by atoms with Crippen LogP contribution in [-0.4, -0.2) is 36.1 Å². The van der Waals surface area contributed by atoms with Crippen molar-refractivity contribution in [2.75, 3.05) is 13.1 Å². The van der Waals surface area contributed by atoms with E-state index in [9.17, 15) is 9.59 Å². The summed E-state index contributed by atoms with van der Waals surface area (Å²) in [6.45, 7) is 5.24. The molecule has 0 heterocycles. The summed E-state index contributed by atoms with van der Waals surface area (Å²) < 4.78 is 0. The van der Waals surface area contributed by atoms with Gasteiger partial charge >= 0.3 is 5.97 Å². The van der Waals surface area contributed by atoms with Gasteiger partial charge in [-0.1, -0.05) is 20.3 Å². The van der Waals surface area contributed by atoms with Gasteiger partial charge in [0, 0.05) is 13.0 Å². The van der Waals surface area contributed by atoms with Gasteiger partial charge < -0.3 is 15.7 Å². The first kappa shape index (κ1) is 13.9. The van der Waals surface area contributed by atoms with Crippen LogP contribution in [0.1, 0.15) is 33.1 Å². The van der Waals surface area contributed by atoms with E-state index in [1.165, 1.54) is 0 Å². The molecule has 0 rings (SSSR count). The van der Waals surface area contributed by atoms with Crippen molar-refractivity contribution >= 4 is 11.9 Å². The molecule has 0 fully saturated rings. The summed E-state index contributed by atoms with van der Waals surface area (Å²) in [5.74, 6) is -1.18. The first-order valence-electron chi connectivity index (χ1n) is 5.34. The summed E-state index contributed by atoms with van der Waals surface area (Å²) in [7, 11) is 0. The number of rotatable bonds is 8. The molecule has 0 bridgehead atoms. The van der Waals surface area contributed by atoms with E-state index in [1.807, 2.05) is 13.8 Å². The highest BCUT2D eigenvalue weighted by molar-refractivity contribution is 5.83. The average Bonchev–Trinajstić information content (AvgIpc) is 2.17. The Kier molecular flexibility index (Phi) is 7.62. The van der Waals surface area contributed by atoms with Crippen LogP contribution in [0.3, 0.4) is 0 Å². The molecule has 1 atom stereocenters. The van der Waals surface area contributed by atoms with Crippen LogP contribution in [0.25, 0.3) is 0 Å². The number of amides is 1. The third kappa shape index (κ3) is 6.90. The van der Waals surface area contributed by atoms with E-state index in [0.717, 1.165) is 13.0 Å². The first-order chi connectivity index (χ1) is 7.11. The van der Waals surface area contributed by atoms with E-state index in [-0.39, 0.29) is 5.91 Å². The second-order valence-corrected chi connectivity index (χ2v) is 3.35. The molecule has 0 aromatic carbocycles. The third-order valence-corrected chi connectivity index (χ3v) is 1.99. The zero-order valence-corrected chi connectivity index (χ0v) is 9.38. The smallest absolute Gasteiger partial charge is 0.326 e. The molecule has 0 unspecified atom stereocenters. The molecule has 0 saturated heterocycles. The molecule has 5 heteroatoms. The summed E-state index contributed by atoms with van der Waals surface area (Å²) in [6.07, 6.45) is 1.54. The predicted octanol–water partition coefficient (Wildman–Crippen LogP) is 0.355. The van der Waals surface area contributed by atoms with Gasteiger partial charge in [0.25, 0.3) is 0 Å². The number of carboxylic acid groups (broad SMARTS) is 1. The molecule has 88 valence electrons. The number of hydrogen-bond donors (Lipinski definition) is 3. The fourth-order valence-corrected chi connectivity index (χ4v) is 1.19. The van der Waals surface area contributed by atoms with Crippen LogP contribution in [0.15, 0.2) is 0 Å². The van der Waals surface area contributed by atoms with E-state index >= 15 is 0 Å². The van der Waals surface area contributed by atoms with Gasteiger partial charge in [0.2, 0.25) is 5.91 Å². The Bertz CT molecular complexity index is 207. The largest absolute Gasteiger partial charge is 0.480 e. The fourth-order valence-electron chi connectivity index (χ4n) is 1.19. The van der Waals surface area contributed by atoms with Crippen LogP contribution in [0.4, 0.5) is 0 Å². The normalized spacial score (nSPS) is 12.1. The Morgan fingerprint density at radius 1 is 1.33 bits per heavy atom. The maximum atomic E-state index is 11.3. The van der Waals surface area contributed by atoms with Crippen LogP contribution in [0.5, 0.6) is 0 Å². The molecule has 1 amide bonds. The Morgan fingerprint density at radius 3 is 2.47 bits per heavy atom. The van der Waals surface area contributed by atoms with Gasteiger partial charge in [-0.2, -0.15) is 0 Å². The minimum atomic E-state index is -0.964. The number of carboxylic acids is 1. The van der Waals surface area contributed by atoms with E-state index in [4.69, 9.17) is 5.11 Å². The van der Waals surface area contributed by atoms with Crippen LogP contribution in [0, 0.1) is 0 Å². The molecule has 0 aliphatic rings. The van der Waals surface area contributed by atoms with Crippen LogP contribution in [0.2, 0.25) is 0 Å². The average molecular weight is 216 g/mol. The van der Waals surface area contributed by atoms with E-state index in [0.29, 0.717) is 19.4 Å². The Labute approximate surface area is 90.2 Å². The lowest BCUT2D eigenvalue weighted by Crippen LogP contribution is -2.41. The van der Waals surface area contributed by atoms with Gasteiger partial charge in [-0.25, -0.2) is 4.79 Å². The topological polar surface area (TPSA) is 78.4 Å². The van der Waals surface area contributed by atoms with Crippen molar-refractivity contribution in [3.8, 4) is 0 Å². The zero-order valence-electron chi connectivity index (χ0n) is 9.38. The maximum absolute atomic E-state index is 11.3. The van der Waals surface area contributed by atoms with Crippen molar-refractivity contribution in [2.24, 2.45) is 0 Å². The molecular formula is C10H20N2O3. The molecule has 15 heavy (non-hydrogen) atoms. The van der Waals surface area contributed by atoms with Crippen LogP contribution in [-0.2, 0) is 9.59 Å². The van der Waals surface area contributed by atoms with E-state index < -0.39 is 12.0 Å². The molecule has 0 aliphatic carbocycles. The highest BCUT2D eigenvalue weighted by Gasteiger charge is 2.17. The van der Waals surface area contributed by atoms with Gasteiger partial charge in [0.1, 0.15) is 6.04 Å². The fraction of sp³-hybridized carbons (Fsp3) is 0.800. The van der Waals surface area contributed by atoms with Gasteiger partial charge in [-0.3, -0.25) is 4.79 Å². The van der Waals surface area contributed by atoms with E-state index in [1.54, 1.807) is 0 Å². The molecule has 0 aromatic heterocycles. The van der Waals surface area contributed by atoms with Gasteiger partial charge in [-0.15, -0.1) is 0 Å².